The second kappa shape index (κ2) is 8.43. The molecule has 0 bridgehead atoms. The van der Waals surface area contributed by atoms with Gasteiger partial charge in [0.2, 0.25) is 5.91 Å². The topological polar surface area (TPSA) is 64.0 Å². The molecule has 1 N–H and O–H groups in total. The maximum absolute atomic E-state index is 13.2. The highest BCUT2D eigenvalue weighted by Gasteiger charge is 2.16. The summed E-state index contributed by atoms with van der Waals surface area (Å²) in [4.78, 5) is 30.8. The molecule has 2 heterocycles. The van der Waals surface area contributed by atoms with Crippen molar-refractivity contribution >= 4 is 27.5 Å². The second-order valence-electron chi connectivity index (χ2n) is 7.65. The zero-order valence-corrected chi connectivity index (χ0v) is 18.3. The number of rotatable bonds is 5. The number of nitrogens with one attached hydrogen (secondary N) is 1. The summed E-state index contributed by atoms with van der Waals surface area (Å²) in [7, 11) is 0. The third-order valence-corrected chi connectivity index (χ3v) is 6.33. The van der Waals surface area contributed by atoms with Crippen LogP contribution in [-0.4, -0.2) is 15.5 Å². The molecule has 2 aromatic heterocycles. The molecule has 158 valence electrons. The standard InChI is InChI=1S/C24H22FN3O2S/c1-14-4-5-18(10-15(14)2)20-12-31-23-22(20)24(30)28(13-26-23)11-21(29)27-16(3)17-6-8-19(25)9-7-17/h4-10,12-13,16H,11H2,1-3H3,(H,27,29). The van der Waals surface area contributed by atoms with Crippen LogP contribution < -0.4 is 10.9 Å². The van der Waals surface area contributed by atoms with Gasteiger partial charge in [-0.25, -0.2) is 9.37 Å². The Morgan fingerprint density at radius 2 is 1.90 bits per heavy atom. The molecule has 4 aromatic rings. The molecule has 0 fully saturated rings. The quantitative estimate of drug-likeness (QED) is 0.492. The van der Waals surface area contributed by atoms with Gasteiger partial charge in [0.15, 0.2) is 0 Å². The van der Waals surface area contributed by atoms with Crippen LogP contribution in [0.15, 0.2) is 59.0 Å². The van der Waals surface area contributed by atoms with Crippen LogP contribution in [0.3, 0.4) is 0 Å². The van der Waals surface area contributed by atoms with E-state index in [0.717, 1.165) is 22.3 Å². The van der Waals surface area contributed by atoms with Gasteiger partial charge < -0.3 is 5.32 Å². The van der Waals surface area contributed by atoms with Crippen molar-refractivity contribution < 1.29 is 9.18 Å². The van der Waals surface area contributed by atoms with Gasteiger partial charge in [-0.3, -0.25) is 14.2 Å². The van der Waals surface area contributed by atoms with E-state index >= 15 is 0 Å². The lowest BCUT2D eigenvalue weighted by atomic mass is 10.0. The summed E-state index contributed by atoms with van der Waals surface area (Å²) < 4.78 is 14.4. The molecule has 0 radical (unpaired) electrons. The maximum Gasteiger partial charge on any atom is 0.263 e. The van der Waals surface area contributed by atoms with E-state index in [9.17, 15) is 14.0 Å². The van der Waals surface area contributed by atoms with Crippen molar-refractivity contribution in [3.63, 3.8) is 0 Å². The minimum atomic E-state index is -0.330. The molecule has 4 rings (SSSR count). The van der Waals surface area contributed by atoms with Gasteiger partial charge in [-0.05, 0) is 55.2 Å². The molecule has 0 saturated heterocycles. The third-order valence-electron chi connectivity index (χ3n) is 5.44. The lowest BCUT2D eigenvalue weighted by Gasteiger charge is -2.15. The van der Waals surface area contributed by atoms with Crippen molar-refractivity contribution in [3.05, 3.63) is 87.0 Å². The Morgan fingerprint density at radius 1 is 1.16 bits per heavy atom. The van der Waals surface area contributed by atoms with E-state index in [2.05, 4.69) is 16.4 Å². The number of amides is 1. The highest BCUT2D eigenvalue weighted by Crippen LogP contribution is 2.31. The van der Waals surface area contributed by atoms with Crippen LogP contribution in [0.25, 0.3) is 21.3 Å². The minimum absolute atomic E-state index is 0.143. The number of hydrogen-bond acceptors (Lipinski definition) is 4. The molecule has 31 heavy (non-hydrogen) atoms. The van der Waals surface area contributed by atoms with Crippen molar-refractivity contribution in [1.29, 1.82) is 0 Å². The number of carbonyl (C=O) groups excluding carboxylic acids is 1. The van der Waals surface area contributed by atoms with Gasteiger partial charge in [0.25, 0.3) is 5.56 Å². The lowest BCUT2D eigenvalue weighted by Crippen LogP contribution is -2.33. The summed E-state index contributed by atoms with van der Waals surface area (Å²) in [5, 5.41) is 5.30. The van der Waals surface area contributed by atoms with Gasteiger partial charge in [-0.1, -0.05) is 30.3 Å². The molecular formula is C24H22FN3O2S. The summed E-state index contributed by atoms with van der Waals surface area (Å²) in [5.74, 6) is -0.647. The summed E-state index contributed by atoms with van der Waals surface area (Å²) in [6.07, 6.45) is 1.41. The molecule has 1 atom stereocenters. The monoisotopic (exact) mass is 435 g/mol. The molecular weight excluding hydrogens is 413 g/mol. The first-order valence-corrected chi connectivity index (χ1v) is 10.8. The molecule has 1 unspecified atom stereocenters. The highest BCUT2D eigenvalue weighted by molar-refractivity contribution is 7.17. The van der Waals surface area contributed by atoms with E-state index in [1.54, 1.807) is 12.1 Å². The number of halogens is 1. The van der Waals surface area contributed by atoms with Crippen LogP contribution in [0.1, 0.15) is 29.7 Å². The summed E-state index contributed by atoms with van der Waals surface area (Å²) in [5.41, 5.74) is 4.66. The van der Waals surface area contributed by atoms with E-state index < -0.39 is 0 Å². The Kier molecular flexibility index (Phi) is 5.69. The molecule has 0 spiro atoms. The normalized spacial score (nSPS) is 12.1. The van der Waals surface area contributed by atoms with Crippen LogP contribution in [0.2, 0.25) is 0 Å². The first kappa shape index (κ1) is 20.9. The lowest BCUT2D eigenvalue weighted by molar-refractivity contribution is -0.122. The molecule has 0 aliphatic rings. The van der Waals surface area contributed by atoms with Crippen molar-refractivity contribution in [2.24, 2.45) is 0 Å². The number of benzene rings is 2. The van der Waals surface area contributed by atoms with Gasteiger partial charge in [-0.15, -0.1) is 11.3 Å². The maximum atomic E-state index is 13.2. The average Bonchev–Trinajstić information content (AvgIpc) is 3.17. The van der Waals surface area contributed by atoms with E-state index in [1.165, 1.54) is 39.9 Å². The Morgan fingerprint density at radius 3 is 2.61 bits per heavy atom. The zero-order valence-electron chi connectivity index (χ0n) is 17.5. The van der Waals surface area contributed by atoms with Gasteiger partial charge in [0, 0.05) is 10.9 Å². The SMILES string of the molecule is Cc1ccc(-c2csc3ncn(CC(=O)NC(C)c4ccc(F)cc4)c(=O)c23)cc1C. The number of nitrogens with zero attached hydrogens (tertiary/aromatic N) is 2. The van der Waals surface area contributed by atoms with Crippen LogP contribution in [0.5, 0.6) is 0 Å². The molecule has 1 amide bonds. The second-order valence-corrected chi connectivity index (χ2v) is 8.51. The Labute approximate surface area is 183 Å². The smallest absolute Gasteiger partial charge is 0.263 e. The number of fused-ring (bicyclic) bond motifs is 1. The first-order valence-electron chi connectivity index (χ1n) is 9.92. The number of carbonyl (C=O) groups is 1. The van der Waals surface area contributed by atoms with Crippen LogP contribution >= 0.6 is 11.3 Å². The minimum Gasteiger partial charge on any atom is -0.348 e. The van der Waals surface area contributed by atoms with Crippen molar-refractivity contribution in [3.8, 4) is 11.1 Å². The van der Waals surface area contributed by atoms with Gasteiger partial charge in [0.05, 0.1) is 17.8 Å². The zero-order chi connectivity index (χ0) is 22.1. The molecule has 5 nitrogen and oxygen atoms in total. The van der Waals surface area contributed by atoms with Crippen molar-refractivity contribution in [1.82, 2.24) is 14.9 Å². The number of aromatic nitrogens is 2. The van der Waals surface area contributed by atoms with Gasteiger partial charge in [0.1, 0.15) is 17.2 Å². The summed E-state index contributed by atoms with van der Waals surface area (Å²) in [6, 6.07) is 11.7. The Hall–Kier alpha value is -3.32. The van der Waals surface area contributed by atoms with E-state index in [-0.39, 0.29) is 29.9 Å². The molecule has 2 aromatic carbocycles. The summed E-state index contributed by atoms with van der Waals surface area (Å²) >= 11 is 1.41. The molecule has 7 heteroatoms. The third kappa shape index (κ3) is 4.27. The van der Waals surface area contributed by atoms with Crippen LogP contribution in [-0.2, 0) is 11.3 Å². The van der Waals surface area contributed by atoms with Gasteiger partial charge in [-0.2, -0.15) is 0 Å². The fourth-order valence-corrected chi connectivity index (χ4v) is 4.38. The van der Waals surface area contributed by atoms with Crippen molar-refractivity contribution in [2.75, 3.05) is 0 Å². The molecule has 0 aliphatic heterocycles. The van der Waals surface area contributed by atoms with E-state index in [0.29, 0.717) is 10.2 Å². The van der Waals surface area contributed by atoms with Crippen LogP contribution in [0.4, 0.5) is 4.39 Å². The van der Waals surface area contributed by atoms with E-state index in [4.69, 9.17) is 0 Å². The predicted molar refractivity (Wildman–Crippen MR) is 122 cm³/mol. The fraction of sp³-hybridized carbons (Fsp3) is 0.208. The summed E-state index contributed by atoms with van der Waals surface area (Å²) in [6.45, 7) is 5.75. The number of aryl methyl sites for hydroxylation is 2. The number of hydrogen-bond donors (Lipinski definition) is 1. The molecule has 0 saturated carbocycles. The first-order chi connectivity index (χ1) is 14.8. The van der Waals surface area contributed by atoms with Gasteiger partial charge >= 0.3 is 0 Å². The predicted octanol–water partition coefficient (Wildman–Crippen LogP) is 4.76. The average molecular weight is 436 g/mol. The fourth-order valence-electron chi connectivity index (χ4n) is 3.48. The Bertz CT molecular complexity index is 1330. The largest absolute Gasteiger partial charge is 0.348 e. The highest BCUT2D eigenvalue weighted by atomic mass is 32.1. The van der Waals surface area contributed by atoms with Crippen LogP contribution in [0, 0.1) is 19.7 Å². The van der Waals surface area contributed by atoms with Crippen molar-refractivity contribution in [2.45, 2.75) is 33.4 Å². The van der Waals surface area contributed by atoms with E-state index in [1.807, 2.05) is 38.3 Å². The Balaban J connectivity index is 1.60. The molecule has 0 aliphatic carbocycles. The number of thiophene rings is 1.